The van der Waals surface area contributed by atoms with E-state index in [9.17, 15) is 9.59 Å². The second-order valence-corrected chi connectivity index (χ2v) is 6.25. The first-order chi connectivity index (χ1) is 9.56. The molecule has 114 valence electrons. The van der Waals surface area contributed by atoms with Crippen LogP contribution in [0.5, 0.6) is 0 Å². The minimum Gasteiger partial charge on any atom is -0.481 e. The highest BCUT2D eigenvalue weighted by atomic mass is 16.4. The minimum atomic E-state index is -0.889. The Balaban J connectivity index is 1.72. The number of amides is 1. The van der Waals surface area contributed by atoms with Crippen LogP contribution in [0.1, 0.15) is 38.5 Å². The molecule has 2 aliphatic rings. The molecule has 0 aliphatic carbocycles. The smallest absolute Gasteiger partial charge is 0.303 e. The number of aliphatic carboxylic acids is 1. The fourth-order valence-electron chi connectivity index (χ4n) is 3.49. The van der Waals surface area contributed by atoms with Crippen molar-refractivity contribution in [1.82, 2.24) is 9.80 Å². The summed E-state index contributed by atoms with van der Waals surface area (Å²) in [4.78, 5) is 26.6. The van der Waals surface area contributed by atoms with Crippen molar-refractivity contribution in [2.45, 2.75) is 38.5 Å². The number of carboxylic acid groups (broad SMARTS) is 1. The molecule has 0 radical (unpaired) electrons. The molecule has 2 saturated heterocycles. The summed E-state index contributed by atoms with van der Waals surface area (Å²) in [5.74, 6) is 0.698. The van der Waals surface area contributed by atoms with Crippen LogP contribution in [0.2, 0.25) is 0 Å². The van der Waals surface area contributed by atoms with Crippen molar-refractivity contribution < 1.29 is 14.7 Å². The number of hydrogen-bond acceptors (Lipinski definition) is 3. The van der Waals surface area contributed by atoms with Crippen molar-refractivity contribution in [3.63, 3.8) is 0 Å². The van der Waals surface area contributed by atoms with E-state index < -0.39 is 5.97 Å². The first kappa shape index (κ1) is 15.3. The van der Waals surface area contributed by atoms with Gasteiger partial charge in [0, 0.05) is 19.5 Å². The predicted molar refractivity (Wildman–Crippen MR) is 76.4 cm³/mol. The summed E-state index contributed by atoms with van der Waals surface area (Å²) in [6.07, 6.45) is 4.85. The van der Waals surface area contributed by atoms with Crippen molar-refractivity contribution in [3.05, 3.63) is 0 Å². The summed E-state index contributed by atoms with van der Waals surface area (Å²) >= 11 is 0. The molecule has 0 aromatic rings. The third kappa shape index (κ3) is 4.20. The topological polar surface area (TPSA) is 60.9 Å². The molecule has 0 saturated carbocycles. The Labute approximate surface area is 120 Å². The first-order valence-corrected chi connectivity index (χ1v) is 7.74. The van der Waals surface area contributed by atoms with Crippen molar-refractivity contribution in [1.29, 1.82) is 0 Å². The molecule has 1 amide bonds. The SMILES string of the molecule is CN1CCC(C2CCN(C(=O)CCC(=O)O)CC2)CC1. The molecule has 2 fully saturated rings. The van der Waals surface area contributed by atoms with E-state index in [1.807, 2.05) is 4.90 Å². The highest BCUT2D eigenvalue weighted by molar-refractivity contribution is 5.80. The Kier molecular flexibility index (Phi) is 5.40. The second kappa shape index (κ2) is 7.07. The molecule has 0 bridgehead atoms. The Hall–Kier alpha value is -1.10. The third-order valence-corrected chi connectivity index (χ3v) is 4.87. The van der Waals surface area contributed by atoms with Crippen molar-refractivity contribution in [2.24, 2.45) is 11.8 Å². The highest BCUT2D eigenvalue weighted by Crippen LogP contribution is 2.32. The lowest BCUT2D eigenvalue weighted by atomic mass is 9.79. The number of nitrogens with zero attached hydrogens (tertiary/aromatic N) is 2. The summed E-state index contributed by atoms with van der Waals surface area (Å²) < 4.78 is 0. The predicted octanol–water partition coefficient (Wildman–Crippen LogP) is 1.43. The summed E-state index contributed by atoms with van der Waals surface area (Å²) in [6, 6.07) is 0. The summed E-state index contributed by atoms with van der Waals surface area (Å²) in [5.41, 5.74) is 0. The van der Waals surface area contributed by atoms with Crippen LogP contribution in [-0.2, 0) is 9.59 Å². The van der Waals surface area contributed by atoms with Crippen LogP contribution in [0.3, 0.4) is 0 Å². The van der Waals surface area contributed by atoms with Crippen LogP contribution in [-0.4, -0.2) is 60.0 Å². The number of piperidine rings is 2. The average Bonchev–Trinajstić information content (AvgIpc) is 2.46. The van der Waals surface area contributed by atoms with Crippen molar-refractivity contribution >= 4 is 11.9 Å². The number of likely N-dealkylation sites (tertiary alicyclic amines) is 2. The lowest BCUT2D eigenvalue weighted by Gasteiger charge is -2.39. The van der Waals surface area contributed by atoms with Crippen LogP contribution < -0.4 is 0 Å². The average molecular weight is 282 g/mol. The van der Waals surface area contributed by atoms with Gasteiger partial charge in [-0.25, -0.2) is 0 Å². The van der Waals surface area contributed by atoms with Crippen LogP contribution in [0, 0.1) is 11.8 Å². The van der Waals surface area contributed by atoms with E-state index in [4.69, 9.17) is 5.11 Å². The number of carbonyl (C=O) groups excluding carboxylic acids is 1. The molecule has 0 spiro atoms. The first-order valence-electron chi connectivity index (χ1n) is 7.74. The second-order valence-electron chi connectivity index (χ2n) is 6.25. The van der Waals surface area contributed by atoms with Gasteiger partial charge in [-0.15, -0.1) is 0 Å². The maximum Gasteiger partial charge on any atom is 0.303 e. The minimum absolute atomic E-state index is 0.00854. The number of carboxylic acids is 1. The zero-order valence-electron chi connectivity index (χ0n) is 12.4. The van der Waals surface area contributed by atoms with E-state index in [1.54, 1.807) is 0 Å². The molecule has 0 atom stereocenters. The third-order valence-electron chi connectivity index (χ3n) is 4.87. The number of rotatable bonds is 4. The van der Waals surface area contributed by atoms with E-state index >= 15 is 0 Å². The summed E-state index contributed by atoms with van der Waals surface area (Å²) in [6.45, 7) is 4.02. The Bertz CT molecular complexity index is 343. The molecule has 0 aromatic carbocycles. The monoisotopic (exact) mass is 282 g/mol. The van der Waals surface area contributed by atoms with Gasteiger partial charge in [0.2, 0.25) is 5.91 Å². The van der Waals surface area contributed by atoms with Gasteiger partial charge in [0.1, 0.15) is 0 Å². The summed E-state index contributed by atoms with van der Waals surface area (Å²) in [7, 11) is 2.18. The fourth-order valence-corrected chi connectivity index (χ4v) is 3.49. The van der Waals surface area contributed by atoms with Gasteiger partial charge in [-0.1, -0.05) is 0 Å². The maximum atomic E-state index is 11.9. The molecule has 5 nitrogen and oxygen atoms in total. The molecule has 20 heavy (non-hydrogen) atoms. The zero-order chi connectivity index (χ0) is 14.5. The number of carbonyl (C=O) groups is 2. The lowest BCUT2D eigenvalue weighted by Crippen LogP contribution is -2.42. The number of hydrogen-bond donors (Lipinski definition) is 1. The van der Waals surface area contributed by atoms with Gasteiger partial charge in [-0.2, -0.15) is 0 Å². The van der Waals surface area contributed by atoms with Crippen LogP contribution in [0.4, 0.5) is 0 Å². The normalized spacial score (nSPS) is 22.9. The van der Waals surface area contributed by atoms with Gasteiger partial charge < -0.3 is 14.9 Å². The molecular formula is C15H26N2O3. The van der Waals surface area contributed by atoms with Gasteiger partial charge in [0.25, 0.3) is 0 Å². The largest absolute Gasteiger partial charge is 0.481 e. The van der Waals surface area contributed by atoms with E-state index in [-0.39, 0.29) is 18.7 Å². The molecule has 2 rings (SSSR count). The van der Waals surface area contributed by atoms with Gasteiger partial charge in [0.05, 0.1) is 6.42 Å². The van der Waals surface area contributed by atoms with Gasteiger partial charge in [-0.05, 0) is 57.7 Å². The van der Waals surface area contributed by atoms with E-state index in [2.05, 4.69) is 11.9 Å². The highest BCUT2D eigenvalue weighted by Gasteiger charge is 2.30. The molecule has 2 aliphatic heterocycles. The van der Waals surface area contributed by atoms with E-state index in [0.717, 1.165) is 37.8 Å². The van der Waals surface area contributed by atoms with Gasteiger partial charge >= 0.3 is 5.97 Å². The molecule has 1 N–H and O–H groups in total. The zero-order valence-corrected chi connectivity index (χ0v) is 12.4. The maximum absolute atomic E-state index is 11.9. The van der Waals surface area contributed by atoms with Crippen molar-refractivity contribution in [2.75, 3.05) is 33.2 Å². The Morgan fingerprint density at radius 1 is 0.950 bits per heavy atom. The Morgan fingerprint density at radius 3 is 1.95 bits per heavy atom. The van der Waals surface area contributed by atoms with Gasteiger partial charge in [-0.3, -0.25) is 9.59 Å². The molecule has 0 unspecified atom stereocenters. The quantitative estimate of drug-likeness (QED) is 0.847. The lowest BCUT2D eigenvalue weighted by molar-refractivity contribution is -0.141. The molecular weight excluding hydrogens is 256 g/mol. The van der Waals surface area contributed by atoms with Crippen molar-refractivity contribution in [3.8, 4) is 0 Å². The summed E-state index contributed by atoms with van der Waals surface area (Å²) in [5, 5.41) is 8.62. The Morgan fingerprint density at radius 2 is 1.45 bits per heavy atom. The van der Waals surface area contributed by atoms with Crippen LogP contribution >= 0.6 is 0 Å². The van der Waals surface area contributed by atoms with Gasteiger partial charge in [0.15, 0.2) is 0 Å². The molecule has 2 heterocycles. The van der Waals surface area contributed by atoms with Crippen LogP contribution in [0.25, 0.3) is 0 Å². The standard InChI is InChI=1S/C15H26N2O3/c1-16-8-4-12(5-9-16)13-6-10-17(11-7-13)14(18)2-3-15(19)20/h12-13H,2-11H2,1H3,(H,19,20). The molecule has 0 aromatic heterocycles. The van der Waals surface area contributed by atoms with E-state index in [0.29, 0.717) is 0 Å². The van der Waals surface area contributed by atoms with E-state index in [1.165, 1.54) is 25.9 Å². The fraction of sp³-hybridized carbons (Fsp3) is 0.867. The molecule has 5 heteroatoms. The van der Waals surface area contributed by atoms with Crippen LogP contribution in [0.15, 0.2) is 0 Å².